The Labute approximate surface area is 176 Å². The van der Waals surface area contributed by atoms with Crippen LogP contribution in [-0.2, 0) is 11.3 Å². The molecule has 30 heavy (non-hydrogen) atoms. The summed E-state index contributed by atoms with van der Waals surface area (Å²) in [6.07, 6.45) is 1.33. The zero-order chi connectivity index (χ0) is 21.3. The van der Waals surface area contributed by atoms with Crippen LogP contribution >= 0.6 is 11.6 Å². The lowest BCUT2D eigenvalue weighted by atomic mass is 10.0. The van der Waals surface area contributed by atoms with E-state index >= 15 is 0 Å². The Morgan fingerprint density at radius 1 is 1.13 bits per heavy atom. The van der Waals surface area contributed by atoms with E-state index in [4.69, 9.17) is 29.9 Å². The molecule has 0 atom stereocenters. The number of aryl methyl sites for hydroxylation is 1. The molecule has 7 heteroatoms. The molecular formula is C23H17ClO6. The smallest absolute Gasteiger partial charge is 0.341 e. The average Bonchev–Trinajstić information content (AvgIpc) is 3.12. The van der Waals surface area contributed by atoms with Gasteiger partial charge >= 0.3 is 11.6 Å². The first-order valence-electron chi connectivity index (χ1n) is 9.09. The van der Waals surface area contributed by atoms with Crippen LogP contribution in [0.4, 0.5) is 0 Å². The second-order valence-corrected chi connectivity index (χ2v) is 7.00. The maximum Gasteiger partial charge on any atom is 0.341 e. The van der Waals surface area contributed by atoms with Crippen molar-refractivity contribution in [2.24, 2.45) is 0 Å². The topological polar surface area (TPSA) is 78.9 Å². The molecule has 0 aliphatic heterocycles. The van der Waals surface area contributed by atoms with Crippen LogP contribution in [0.5, 0.6) is 5.75 Å². The second-order valence-electron chi connectivity index (χ2n) is 6.59. The monoisotopic (exact) mass is 424 g/mol. The molecule has 6 nitrogen and oxygen atoms in total. The summed E-state index contributed by atoms with van der Waals surface area (Å²) in [6, 6.07) is 14.2. The van der Waals surface area contributed by atoms with Crippen molar-refractivity contribution in [3.05, 3.63) is 87.1 Å². The fourth-order valence-electron chi connectivity index (χ4n) is 3.22. The fourth-order valence-corrected chi connectivity index (χ4v) is 3.44. The van der Waals surface area contributed by atoms with E-state index in [1.807, 2.05) is 30.3 Å². The number of hydrogen-bond donors (Lipinski definition) is 0. The van der Waals surface area contributed by atoms with Crippen molar-refractivity contribution in [1.29, 1.82) is 0 Å². The minimum Gasteiger partial charge on any atom is -0.487 e. The van der Waals surface area contributed by atoms with Gasteiger partial charge in [0.05, 0.1) is 12.1 Å². The molecule has 0 saturated heterocycles. The van der Waals surface area contributed by atoms with Crippen LogP contribution in [0.3, 0.4) is 0 Å². The minimum atomic E-state index is -0.520. The first kappa shape index (κ1) is 19.8. The van der Waals surface area contributed by atoms with Gasteiger partial charge in [0.15, 0.2) is 0 Å². The molecule has 0 N–H and O–H groups in total. The van der Waals surface area contributed by atoms with E-state index in [2.05, 4.69) is 0 Å². The standard InChI is InChI=1S/C23H17ClO6/c1-13-17(18(12-28-13)23(26)27-2)11-29-21-10-20-16(8-19(21)24)15(9-22(25)30-20)14-6-4-3-5-7-14/h3-10,12H,11H2,1-2H3. The summed E-state index contributed by atoms with van der Waals surface area (Å²) in [5.41, 5.74) is 2.29. The second kappa shape index (κ2) is 8.08. The van der Waals surface area contributed by atoms with E-state index in [1.54, 1.807) is 19.1 Å². The number of carbonyl (C=O) groups excluding carboxylic acids is 1. The van der Waals surface area contributed by atoms with Crippen LogP contribution in [0.15, 0.2) is 68.4 Å². The number of furan rings is 1. The van der Waals surface area contributed by atoms with Crippen molar-refractivity contribution in [3.8, 4) is 16.9 Å². The van der Waals surface area contributed by atoms with Gasteiger partial charge in [0.2, 0.25) is 0 Å². The molecule has 0 spiro atoms. The summed E-state index contributed by atoms with van der Waals surface area (Å²) in [6.45, 7) is 1.75. The van der Waals surface area contributed by atoms with Crippen LogP contribution in [0.25, 0.3) is 22.1 Å². The van der Waals surface area contributed by atoms with Crippen LogP contribution in [0, 0.1) is 6.92 Å². The Balaban J connectivity index is 1.72. The third-order valence-electron chi connectivity index (χ3n) is 4.76. The highest BCUT2D eigenvalue weighted by Crippen LogP contribution is 2.35. The Morgan fingerprint density at radius 2 is 1.90 bits per heavy atom. The van der Waals surface area contributed by atoms with E-state index < -0.39 is 11.6 Å². The van der Waals surface area contributed by atoms with Crippen LogP contribution in [0.2, 0.25) is 5.02 Å². The van der Waals surface area contributed by atoms with Crippen molar-refractivity contribution in [2.75, 3.05) is 7.11 Å². The number of carbonyl (C=O) groups is 1. The largest absolute Gasteiger partial charge is 0.487 e. The Morgan fingerprint density at radius 3 is 2.63 bits per heavy atom. The first-order valence-corrected chi connectivity index (χ1v) is 9.46. The molecule has 0 unspecified atom stereocenters. The third-order valence-corrected chi connectivity index (χ3v) is 5.06. The normalized spacial score (nSPS) is 10.9. The average molecular weight is 425 g/mol. The number of hydrogen-bond acceptors (Lipinski definition) is 6. The van der Waals surface area contributed by atoms with Gasteiger partial charge in [0, 0.05) is 23.1 Å². The van der Waals surface area contributed by atoms with Gasteiger partial charge in [-0.25, -0.2) is 9.59 Å². The molecule has 0 amide bonds. The molecule has 0 aliphatic carbocycles. The summed E-state index contributed by atoms with van der Waals surface area (Å²) < 4.78 is 21.3. The van der Waals surface area contributed by atoms with Gasteiger partial charge in [-0.1, -0.05) is 41.9 Å². The zero-order valence-electron chi connectivity index (χ0n) is 16.2. The van der Waals surface area contributed by atoms with Crippen molar-refractivity contribution < 1.29 is 23.1 Å². The van der Waals surface area contributed by atoms with Crippen molar-refractivity contribution >= 4 is 28.5 Å². The van der Waals surface area contributed by atoms with Gasteiger partial charge in [0.25, 0.3) is 0 Å². The summed E-state index contributed by atoms with van der Waals surface area (Å²) >= 11 is 6.45. The van der Waals surface area contributed by atoms with Gasteiger partial charge in [0.1, 0.15) is 35.5 Å². The SMILES string of the molecule is COC(=O)c1coc(C)c1COc1cc2oc(=O)cc(-c3ccccc3)c2cc1Cl. The number of esters is 1. The number of ether oxygens (including phenoxy) is 2. The van der Waals surface area contributed by atoms with Crippen LogP contribution < -0.4 is 10.4 Å². The van der Waals surface area contributed by atoms with Gasteiger partial charge in [-0.15, -0.1) is 0 Å². The lowest BCUT2D eigenvalue weighted by molar-refractivity contribution is 0.0597. The van der Waals surface area contributed by atoms with E-state index in [9.17, 15) is 9.59 Å². The molecule has 4 rings (SSSR count). The van der Waals surface area contributed by atoms with E-state index in [-0.39, 0.29) is 12.2 Å². The van der Waals surface area contributed by atoms with Gasteiger partial charge in [-0.2, -0.15) is 0 Å². The Kier molecular flexibility index (Phi) is 5.33. The Bertz CT molecular complexity index is 1290. The lowest BCUT2D eigenvalue weighted by Crippen LogP contribution is -2.06. The van der Waals surface area contributed by atoms with E-state index in [1.165, 1.54) is 19.4 Å². The van der Waals surface area contributed by atoms with Gasteiger partial charge in [-0.3, -0.25) is 0 Å². The minimum absolute atomic E-state index is 0.0284. The van der Waals surface area contributed by atoms with Gasteiger partial charge in [-0.05, 0) is 24.1 Å². The van der Waals surface area contributed by atoms with Gasteiger partial charge < -0.3 is 18.3 Å². The molecule has 2 aromatic carbocycles. The number of rotatable bonds is 5. The van der Waals surface area contributed by atoms with Crippen molar-refractivity contribution in [3.63, 3.8) is 0 Å². The number of halogens is 1. The lowest BCUT2D eigenvalue weighted by Gasteiger charge is -2.11. The first-order chi connectivity index (χ1) is 14.5. The summed E-state index contributed by atoms with van der Waals surface area (Å²) in [7, 11) is 1.29. The summed E-state index contributed by atoms with van der Waals surface area (Å²) in [4.78, 5) is 24.0. The predicted molar refractivity (Wildman–Crippen MR) is 112 cm³/mol. The molecule has 152 valence electrons. The maximum atomic E-state index is 12.1. The maximum absolute atomic E-state index is 12.1. The molecule has 0 bridgehead atoms. The van der Waals surface area contributed by atoms with Crippen molar-refractivity contribution in [2.45, 2.75) is 13.5 Å². The number of methoxy groups -OCH3 is 1. The molecule has 0 radical (unpaired) electrons. The highest BCUT2D eigenvalue weighted by atomic mass is 35.5. The van der Waals surface area contributed by atoms with Crippen molar-refractivity contribution in [1.82, 2.24) is 0 Å². The number of benzene rings is 2. The molecule has 2 aromatic heterocycles. The van der Waals surface area contributed by atoms with Crippen LogP contribution in [0.1, 0.15) is 21.7 Å². The molecule has 0 fully saturated rings. The molecule has 0 aliphatic rings. The zero-order valence-corrected chi connectivity index (χ0v) is 17.0. The van der Waals surface area contributed by atoms with E-state index in [0.717, 1.165) is 5.56 Å². The third kappa shape index (κ3) is 3.69. The summed E-state index contributed by atoms with van der Waals surface area (Å²) in [5, 5.41) is 1.03. The molecule has 2 heterocycles. The van der Waals surface area contributed by atoms with E-state index in [0.29, 0.717) is 38.6 Å². The highest BCUT2D eigenvalue weighted by molar-refractivity contribution is 6.33. The highest BCUT2D eigenvalue weighted by Gasteiger charge is 2.19. The molecular weight excluding hydrogens is 408 g/mol. The van der Waals surface area contributed by atoms with Crippen LogP contribution in [-0.4, -0.2) is 13.1 Å². The Hall–Kier alpha value is -3.51. The molecule has 0 saturated carbocycles. The number of fused-ring (bicyclic) bond motifs is 1. The summed E-state index contributed by atoms with van der Waals surface area (Å²) in [5.74, 6) is 0.327. The fraction of sp³-hybridized carbons (Fsp3) is 0.130. The predicted octanol–water partition coefficient (Wildman–Crippen LogP) is 5.38. The molecule has 4 aromatic rings. The quantitative estimate of drug-likeness (QED) is 0.316.